The molecule has 1 fully saturated rings. The third-order valence-corrected chi connectivity index (χ3v) is 3.16. The van der Waals surface area contributed by atoms with Crippen molar-refractivity contribution in [2.24, 2.45) is 0 Å². The van der Waals surface area contributed by atoms with Crippen molar-refractivity contribution in [1.29, 1.82) is 0 Å². The Morgan fingerprint density at radius 1 is 1.44 bits per heavy atom. The fraction of sp³-hybridized carbons (Fsp3) is 0.308. The summed E-state index contributed by atoms with van der Waals surface area (Å²) in [6.07, 6.45) is 1.64. The Hall–Kier alpha value is -1.55. The summed E-state index contributed by atoms with van der Waals surface area (Å²) < 4.78 is 13.0. The lowest BCUT2D eigenvalue weighted by molar-refractivity contribution is 0.225. The van der Waals surface area contributed by atoms with E-state index in [0.29, 0.717) is 23.8 Å². The molecule has 0 spiro atoms. The highest BCUT2D eigenvalue weighted by Gasteiger charge is 2.37. The van der Waals surface area contributed by atoms with Crippen LogP contribution in [0.1, 0.15) is 0 Å². The number of carbonyl (C=O) groups excluding carboxylic acids is 1. The Morgan fingerprint density at radius 2 is 2.11 bits per heavy atom. The molecular formula is C13H14ClFN2O. The van der Waals surface area contributed by atoms with Crippen LogP contribution in [-0.4, -0.2) is 36.7 Å². The Morgan fingerprint density at radius 3 is 2.67 bits per heavy atom. The average molecular weight is 269 g/mol. The molecule has 96 valence electrons. The third-order valence-electron chi connectivity index (χ3n) is 2.91. The maximum Gasteiger partial charge on any atom is 0.325 e. The Labute approximate surface area is 110 Å². The van der Waals surface area contributed by atoms with E-state index >= 15 is 0 Å². The van der Waals surface area contributed by atoms with E-state index in [-0.39, 0.29) is 6.03 Å². The van der Waals surface area contributed by atoms with Crippen LogP contribution < -0.4 is 4.90 Å². The first-order valence-electron chi connectivity index (χ1n) is 5.68. The van der Waals surface area contributed by atoms with Gasteiger partial charge in [-0.2, -0.15) is 0 Å². The molecule has 2 amide bonds. The summed E-state index contributed by atoms with van der Waals surface area (Å²) in [5.41, 5.74) is 0.665. The van der Waals surface area contributed by atoms with Gasteiger partial charge < -0.3 is 4.90 Å². The molecule has 1 unspecified atom stereocenters. The average Bonchev–Trinajstić information content (AvgIpc) is 2.68. The molecule has 1 heterocycles. The lowest BCUT2D eigenvalue weighted by atomic mass is 10.2. The number of halogens is 2. The summed E-state index contributed by atoms with van der Waals surface area (Å²) in [5.74, 6) is 0. The van der Waals surface area contributed by atoms with Crippen LogP contribution in [0.15, 0.2) is 36.9 Å². The van der Waals surface area contributed by atoms with Gasteiger partial charge in [-0.1, -0.05) is 17.7 Å². The van der Waals surface area contributed by atoms with Crippen molar-refractivity contribution >= 4 is 23.3 Å². The first-order chi connectivity index (χ1) is 8.67. The third kappa shape index (κ3) is 2.34. The Kier molecular flexibility index (Phi) is 3.87. The predicted molar refractivity (Wildman–Crippen MR) is 70.9 cm³/mol. The summed E-state index contributed by atoms with van der Waals surface area (Å²) >= 11 is 5.80. The van der Waals surface area contributed by atoms with Crippen molar-refractivity contribution in [2.45, 2.75) is 6.04 Å². The summed E-state index contributed by atoms with van der Waals surface area (Å²) in [6, 6.07) is 6.18. The van der Waals surface area contributed by atoms with Crippen LogP contribution in [-0.2, 0) is 0 Å². The van der Waals surface area contributed by atoms with Crippen LogP contribution in [0.3, 0.4) is 0 Å². The number of hydrogen-bond donors (Lipinski definition) is 0. The Bertz CT molecular complexity index is 449. The number of hydrogen-bond acceptors (Lipinski definition) is 1. The van der Waals surface area contributed by atoms with E-state index in [2.05, 4.69) is 6.58 Å². The fourth-order valence-corrected chi connectivity index (χ4v) is 2.20. The van der Waals surface area contributed by atoms with Gasteiger partial charge in [-0.05, 0) is 24.3 Å². The molecular weight excluding hydrogens is 255 g/mol. The van der Waals surface area contributed by atoms with E-state index in [1.54, 1.807) is 35.2 Å². The highest BCUT2D eigenvalue weighted by molar-refractivity contribution is 6.30. The van der Waals surface area contributed by atoms with E-state index in [9.17, 15) is 9.18 Å². The molecule has 1 aliphatic heterocycles. The minimum absolute atomic E-state index is 0.195. The molecule has 1 aliphatic rings. The number of amides is 2. The standard InChI is InChI=1S/C13H14ClFN2O/c1-2-7-16-9-12(8-15)17(13(16)18)11-5-3-10(14)4-6-11/h2-6,12H,1,7-9H2. The molecule has 18 heavy (non-hydrogen) atoms. The summed E-state index contributed by atoms with van der Waals surface area (Å²) in [5, 5.41) is 0.588. The van der Waals surface area contributed by atoms with Crippen LogP contribution in [0.5, 0.6) is 0 Å². The van der Waals surface area contributed by atoms with Crippen molar-refractivity contribution < 1.29 is 9.18 Å². The molecule has 1 atom stereocenters. The van der Waals surface area contributed by atoms with E-state index < -0.39 is 12.7 Å². The Balaban J connectivity index is 2.27. The molecule has 0 aliphatic carbocycles. The van der Waals surface area contributed by atoms with Crippen molar-refractivity contribution in [2.75, 3.05) is 24.7 Å². The van der Waals surface area contributed by atoms with E-state index in [0.717, 1.165) is 0 Å². The minimum Gasteiger partial charge on any atom is -0.318 e. The van der Waals surface area contributed by atoms with Gasteiger partial charge in [0, 0.05) is 23.8 Å². The molecule has 1 aromatic rings. The second-order valence-electron chi connectivity index (χ2n) is 4.13. The van der Waals surface area contributed by atoms with Gasteiger partial charge in [-0.25, -0.2) is 9.18 Å². The molecule has 0 saturated carbocycles. The summed E-state index contributed by atoms with van der Waals surface area (Å²) in [7, 11) is 0. The second-order valence-corrected chi connectivity index (χ2v) is 4.57. The number of rotatable bonds is 4. The quantitative estimate of drug-likeness (QED) is 0.770. The first kappa shape index (κ1) is 12.9. The van der Waals surface area contributed by atoms with Gasteiger partial charge in [0.05, 0.1) is 6.04 Å². The number of nitrogens with zero attached hydrogens (tertiary/aromatic N) is 2. The zero-order valence-electron chi connectivity index (χ0n) is 9.85. The first-order valence-corrected chi connectivity index (χ1v) is 6.05. The molecule has 0 aromatic heterocycles. The topological polar surface area (TPSA) is 23.6 Å². The van der Waals surface area contributed by atoms with Crippen molar-refractivity contribution in [3.63, 3.8) is 0 Å². The van der Waals surface area contributed by atoms with Gasteiger partial charge in [0.1, 0.15) is 6.67 Å². The van der Waals surface area contributed by atoms with Crippen molar-refractivity contribution in [3.8, 4) is 0 Å². The normalized spacial score (nSPS) is 19.4. The number of carbonyl (C=O) groups is 1. The zero-order chi connectivity index (χ0) is 13.1. The van der Waals surface area contributed by atoms with Gasteiger partial charge in [0.2, 0.25) is 0 Å². The smallest absolute Gasteiger partial charge is 0.318 e. The van der Waals surface area contributed by atoms with Crippen LogP contribution >= 0.6 is 11.6 Å². The molecule has 5 heteroatoms. The molecule has 0 bridgehead atoms. The van der Waals surface area contributed by atoms with Gasteiger partial charge in [-0.3, -0.25) is 4.90 Å². The molecule has 1 saturated heterocycles. The SMILES string of the molecule is C=CCN1CC(CF)N(c2ccc(Cl)cc2)C1=O. The molecule has 3 nitrogen and oxygen atoms in total. The molecule has 1 aromatic carbocycles. The lowest BCUT2D eigenvalue weighted by Crippen LogP contribution is -2.36. The molecule has 0 N–H and O–H groups in total. The molecule has 0 radical (unpaired) electrons. The van der Waals surface area contributed by atoms with E-state index in [1.807, 2.05) is 0 Å². The summed E-state index contributed by atoms with van der Waals surface area (Å²) in [6.45, 7) is 3.84. The number of anilines is 1. The van der Waals surface area contributed by atoms with Crippen LogP contribution in [0, 0.1) is 0 Å². The number of urea groups is 1. The van der Waals surface area contributed by atoms with Crippen molar-refractivity contribution in [1.82, 2.24) is 4.90 Å². The maximum absolute atomic E-state index is 13.0. The van der Waals surface area contributed by atoms with Crippen LogP contribution in [0.25, 0.3) is 0 Å². The number of benzene rings is 1. The zero-order valence-corrected chi connectivity index (χ0v) is 10.6. The highest BCUT2D eigenvalue weighted by atomic mass is 35.5. The monoisotopic (exact) mass is 268 g/mol. The van der Waals surface area contributed by atoms with E-state index in [1.165, 1.54) is 4.90 Å². The predicted octanol–water partition coefficient (Wildman–Crippen LogP) is 3.11. The fourth-order valence-electron chi connectivity index (χ4n) is 2.07. The maximum atomic E-state index is 13.0. The molecule has 2 rings (SSSR count). The minimum atomic E-state index is -0.567. The highest BCUT2D eigenvalue weighted by Crippen LogP contribution is 2.26. The second kappa shape index (κ2) is 5.40. The van der Waals surface area contributed by atoms with Gasteiger partial charge in [0.15, 0.2) is 0 Å². The van der Waals surface area contributed by atoms with Gasteiger partial charge in [-0.15, -0.1) is 6.58 Å². The summed E-state index contributed by atoms with van der Waals surface area (Å²) in [4.78, 5) is 15.2. The lowest BCUT2D eigenvalue weighted by Gasteiger charge is -2.21. The van der Waals surface area contributed by atoms with Crippen LogP contribution in [0.2, 0.25) is 5.02 Å². The largest absolute Gasteiger partial charge is 0.325 e. The van der Waals surface area contributed by atoms with Crippen LogP contribution in [0.4, 0.5) is 14.9 Å². The number of alkyl halides is 1. The van der Waals surface area contributed by atoms with Gasteiger partial charge >= 0.3 is 6.03 Å². The van der Waals surface area contributed by atoms with E-state index in [4.69, 9.17) is 11.6 Å². The van der Waals surface area contributed by atoms with Gasteiger partial charge in [0.25, 0.3) is 0 Å². The van der Waals surface area contributed by atoms with Crippen molar-refractivity contribution in [3.05, 3.63) is 41.9 Å².